The first-order valence-electron chi connectivity index (χ1n) is 13.2. The molecule has 1 unspecified atom stereocenters. The summed E-state index contributed by atoms with van der Waals surface area (Å²) in [5.74, 6) is 0. The van der Waals surface area contributed by atoms with Crippen molar-refractivity contribution in [2.24, 2.45) is 0 Å². The first-order chi connectivity index (χ1) is 14.9. The molecule has 0 heterocycles. The summed E-state index contributed by atoms with van der Waals surface area (Å²) in [6, 6.07) is 7.78. The van der Waals surface area contributed by atoms with Gasteiger partial charge in [0.25, 0.3) is 0 Å². The average Bonchev–Trinajstić information content (AvgIpc) is 3.15. The number of aryl methyl sites for hydroxylation is 2. The van der Waals surface area contributed by atoms with Gasteiger partial charge in [0, 0.05) is 0 Å². The molecule has 0 aromatic heterocycles. The van der Waals surface area contributed by atoms with Crippen LogP contribution in [-0.4, -0.2) is 8.07 Å². The van der Waals surface area contributed by atoms with Gasteiger partial charge >= 0.3 is 208 Å². The molecule has 1 aromatic rings. The van der Waals surface area contributed by atoms with E-state index >= 15 is 0 Å². The molecule has 0 N–H and O–H groups in total. The Bertz CT molecular complexity index is 715. The molecule has 0 saturated carbocycles. The first kappa shape index (κ1) is 36.7. The molecule has 34 heavy (non-hydrogen) atoms. The summed E-state index contributed by atoms with van der Waals surface area (Å²) in [5.41, 5.74) is 4.89. The van der Waals surface area contributed by atoms with E-state index in [1.165, 1.54) is 83.5 Å². The Morgan fingerprint density at radius 1 is 0.676 bits per heavy atom. The smallest absolute Gasteiger partial charge is 1.00 e. The van der Waals surface area contributed by atoms with Gasteiger partial charge < -0.3 is 37.2 Å². The predicted octanol–water partition coefficient (Wildman–Crippen LogP) is -0.209. The van der Waals surface area contributed by atoms with Gasteiger partial charge in [0.1, 0.15) is 0 Å². The van der Waals surface area contributed by atoms with Crippen molar-refractivity contribution in [2.45, 2.75) is 121 Å². The maximum Gasteiger partial charge on any atom is -1.00 e. The van der Waals surface area contributed by atoms with E-state index in [0.717, 1.165) is 0 Å². The largest absolute Gasteiger partial charge is 1.00 e. The molecule has 1 aliphatic carbocycles. The van der Waals surface area contributed by atoms with Gasteiger partial charge in [-0.15, -0.1) is 0 Å². The van der Waals surface area contributed by atoms with E-state index in [1.54, 1.807) is 21.9 Å². The van der Waals surface area contributed by atoms with Crippen molar-refractivity contribution in [2.75, 3.05) is 0 Å². The number of hydrogen-bond acceptors (Lipinski definition) is 0. The normalized spacial score (nSPS) is 17.0. The SMILES string of the molecule is CCCCCCc1cc(CCCCCC)cc([Si](C)(C)[C]2([Ti+3])C=CC=C2CCCC)c1.[Cl-].[Cl-].[Cl-]. The van der Waals surface area contributed by atoms with Crippen molar-refractivity contribution in [1.82, 2.24) is 0 Å². The third kappa shape index (κ3) is 10.1. The zero-order valence-corrected chi connectivity index (χ0v) is 27.1. The van der Waals surface area contributed by atoms with E-state index < -0.39 is 8.07 Å². The molecule has 1 aliphatic rings. The fourth-order valence-electron chi connectivity index (χ4n) is 4.96. The average molecular weight is 578 g/mol. The maximum absolute atomic E-state index is 2.62. The van der Waals surface area contributed by atoms with Crippen molar-refractivity contribution in [3.63, 3.8) is 0 Å². The molecule has 2 rings (SSSR count). The van der Waals surface area contributed by atoms with E-state index in [9.17, 15) is 0 Å². The van der Waals surface area contributed by atoms with E-state index in [1.807, 2.05) is 0 Å². The standard InChI is InChI=1S/C29H47Si.3ClH.Ti/c1-6-9-12-14-17-25-22-26(18-15-13-10-7-2)24-28(23-25)30(4,5)29-21-16-20-27(29)19-11-8-3;;;;/h16,20-24H,6-15,17-19H2,1-5H3;3*1H;/q;;;;+3/p-3. The molecule has 5 heteroatoms. The predicted molar refractivity (Wildman–Crippen MR) is 139 cm³/mol. The van der Waals surface area contributed by atoms with Crippen molar-refractivity contribution >= 4 is 13.3 Å². The van der Waals surface area contributed by atoms with Crippen LogP contribution in [0.5, 0.6) is 0 Å². The Morgan fingerprint density at radius 3 is 1.65 bits per heavy atom. The van der Waals surface area contributed by atoms with Gasteiger partial charge in [-0.1, -0.05) is 0 Å². The molecule has 1 aromatic carbocycles. The zero-order chi connectivity index (χ0) is 22.7. The van der Waals surface area contributed by atoms with Crippen molar-refractivity contribution < 1.29 is 57.7 Å². The maximum atomic E-state index is 2.62. The number of hydrogen-bond donors (Lipinski definition) is 0. The molecule has 0 fully saturated rings. The van der Waals surface area contributed by atoms with Crippen LogP contribution in [0.25, 0.3) is 0 Å². The van der Waals surface area contributed by atoms with Crippen LogP contribution in [0, 0.1) is 0 Å². The number of benzene rings is 1. The molecule has 0 spiro atoms. The van der Waals surface area contributed by atoms with Crippen LogP contribution in [0.4, 0.5) is 0 Å². The summed E-state index contributed by atoms with van der Waals surface area (Å²) in [5, 5.41) is 1.68. The molecular weight excluding hydrogens is 531 g/mol. The summed E-state index contributed by atoms with van der Waals surface area (Å²) in [7, 11) is -1.71. The fraction of sp³-hybridized carbons (Fsp3) is 0.655. The molecule has 0 bridgehead atoms. The monoisotopic (exact) mass is 576 g/mol. The quantitative estimate of drug-likeness (QED) is 0.200. The fourth-order valence-corrected chi connectivity index (χ4v) is 9.18. The number of allylic oxidation sites excluding steroid dienone is 4. The van der Waals surface area contributed by atoms with Crippen LogP contribution in [0.2, 0.25) is 16.4 Å². The van der Waals surface area contributed by atoms with Crippen LogP contribution in [0.1, 0.15) is 103 Å². The van der Waals surface area contributed by atoms with Crippen molar-refractivity contribution in [3.8, 4) is 0 Å². The molecule has 0 amide bonds. The van der Waals surface area contributed by atoms with Gasteiger partial charge in [-0.25, -0.2) is 0 Å². The summed E-state index contributed by atoms with van der Waals surface area (Å²) in [6.07, 6.45) is 24.5. The van der Waals surface area contributed by atoms with Crippen LogP contribution in [0.15, 0.2) is 42.0 Å². The van der Waals surface area contributed by atoms with Gasteiger partial charge in [0.15, 0.2) is 0 Å². The second-order valence-corrected chi connectivity index (χ2v) is 16.9. The van der Waals surface area contributed by atoms with Gasteiger partial charge in [-0.2, -0.15) is 0 Å². The minimum atomic E-state index is -1.71. The second kappa shape index (κ2) is 18.7. The minimum absolute atomic E-state index is 0. The molecular formula is C29H47Cl3SiTi. The topological polar surface area (TPSA) is 0 Å². The molecule has 0 nitrogen and oxygen atoms in total. The van der Waals surface area contributed by atoms with Crippen molar-refractivity contribution in [1.29, 1.82) is 0 Å². The van der Waals surface area contributed by atoms with E-state index in [-0.39, 0.29) is 40.6 Å². The molecule has 0 radical (unpaired) electrons. The molecule has 0 aliphatic heterocycles. The number of rotatable bonds is 15. The summed E-state index contributed by atoms with van der Waals surface area (Å²) < 4.78 is 0.252. The van der Waals surface area contributed by atoms with Gasteiger partial charge in [0.05, 0.1) is 0 Å². The Morgan fingerprint density at radius 2 is 1.18 bits per heavy atom. The van der Waals surface area contributed by atoms with Crippen molar-refractivity contribution in [3.05, 3.63) is 53.1 Å². The van der Waals surface area contributed by atoms with Crippen LogP contribution in [-0.2, 0) is 33.3 Å². The third-order valence-corrected chi connectivity index (χ3v) is 15.2. The number of unbranched alkanes of at least 4 members (excludes halogenated alkanes) is 7. The van der Waals surface area contributed by atoms with Crippen LogP contribution >= 0.6 is 0 Å². The summed E-state index contributed by atoms with van der Waals surface area (Å²) in [6.45, 7) is 12.2. The van der Waals surface area contributed by atoms with Gasteiger partial charge in [-0.05, 0) is 0 Å². The molecule has 1 atom stereocenters. The number of halogens is 3. The Labute approximate surface area is 243 Å². The van der Waals surface area contributed by atoms with Crippen LogP contribution < -0.4 is 42.4 Å². The minimum Gasteiger partial charge on any atom is -1.00 e. The van der Waals surface area contributed by atoms with E-state index in [2.05, 4.69) is 90.7 Å². The molecule has 192 valence electrons. The Kier molecular flexibility index (Phi) is 20.2. The Balaban J connectivity index is 0. The van der Waals surface area contributed by atoms with E-state index in [0.29, 0.717) is 0 Å². The van der Waals surface area contributed by atoms with E-state index in [4.69, 9.17) is 0 Å². The summed E-state index contributed by atoms with van der Waals surface area (Å²) in [4.78, 5) is 0. The third-order valence-electron chi connectivity index (χ3n) is 7.35. The van der Waals surface area contributed by atoms with Crippen LogP contribution in [0.3, 0.4) is 0 Å². The zero-order valence-electron chi connectivity index (χ0n) is 22.3. The molecule has 0 saturated heterocycles. The van der Waals surface area contributed by atoms with Gasteiger partial charge in [-0.3, -0.25) is 0 Å². The summed E-state index contributed by atoms with van der Waals surface area (Å²) >= 11 is 2.54. The van der Waals surface area contributed by atoms with Gasteiger partial charge in [0.2, 0.25) is 0 Å². The Hall–Kier alpha value is 0.501. The second-order valence-electron chi connectivity index (χ2n) is 10.2. The first-order valence-corrected chi connectivity index (χ1v) is 16.9.